The summed E-state index contributed by atoms with van der Waals surface area (Å²) in [6.07, 6.45) is 5.93. The highest BCUT2D eigenvalue weighted by Crippen LogP contribution is 2.56. The number of carbonyl (C=O) groups excluding carboxylic acids is 2. The summed E-state index contributed by atoms with van der Waals surface area (Å²) in [5.41, 5.74) is 1.18. The number of esters is 1. The van der Waals surface area contributed by atoms with Crippen molar-refractivity contribution in [1.82, 2.24) is 0 Å². The van der Waals surface area contributed by atoms with Crippen molar-refractivity contribution in [3.8, 4) is 0 Å². The highest BCUT2D eigenvalue weighted by atomic mass is 35.5. The van der Waals surface area contributed by atoms with Crippen LogP contribution in [0.4, 0.5) is 5.69 Å². The largest absolute Gasteiger partial charge is 0.455 e. The molecule has 0 heterocycles. The SMILES string of the molecule is Cc1ccc(Cl)c(NC(=O)COC(=O)C2C3CC4CC(C3)CC2C4)c1Cl. The molecule has 0 unspecified atom stereocenters. The monoisotopic (exact) mass is 395 g/mol. The van der Waals surface area contributed by atoms with E-state index in [2.05, 4.69) is 5.32 Å². The van der Waals surface area contributed by atoms with Crippen LogP contribution in [0.25, 0.3) is 0 Å². The summed E-state index contributed by atoms with van der Waals surface area (Å²) in [5, 5.41) is 3.43. The summed E-state index contributed by atoms with van der Waals surface area (Å²) in [4.78, 5) is 24.8. The molecule has 0 aromatic heterocycles. The van der Waals surface area contributed by atoms with Gasteiger partial charge in [0.15, 0.2) is 6.61 Å². The number of halogens is 2. The molecule has 4 nitrogen and oxygen atoms in total. The fraction of sp³-hybridized carbons (Fsp3) is 0.600. The number of amides is 1. The van der Waals surface area contributed by atoms with E-state index in [1.807, 2.05) is 6.92 Å². The van der Waals surface area contributed by atoms with Crippen LogP contribution in [-0.4, -0.2) is 18.5 Å². The molecule has 0 spiro atoms. The van der Waals surface area contributed by atoms with E-state index in [1.165, 1.54) is 6.42 Å². The first-order valence-electron chi connectivity index (χ1n) is 9.33. The Labute approximate surface area is 163 Å². The maximum atomic E-state index is 12.6. The average Bonchev–Trinajstić information content (AvgIpc) is 2.59. The van der Waals surface area contributed by atoms with E-state index in [0.717, 1.165) is 43.1 Å². The number of benzene rings is 1. The third kappa shape index (κ3) is 3.34. The van der Waals surface area contributed by atoms with Crippen molar-refractivity contribution < 1.29 is 14.3 Å². The van der Waals surface area contributed by atoms with Gasteiger partial charge in [0.05, 0.1) is 21.7 Å². The zero-order chi connectivity index (χ0) is 18.4. The molecule has 6 heteroatoms. The van der Waals surface area contributed by atoms with Crippen LogP contribution in [0.5, 0.6) is 0 Å². The van der Waals surface area contributed by atoms with Crippen molar-refractivity contribution in [3.05, 3.63) is 27.7 Å². The first-order valence-corrected chi connectivity index (χ1v) is 10.1. The van der Waals surface area contributed by atoms with E-state index in [4.69, 9.17) is 27.9 Å². The highest BCUT2D eigenvalue weighted by molar-refractivity contribution is 6.40. The lowest BCUT2D eigenvalue weighted by Crippen LogP contribution is -2.48. The van der Waals surface area contributed by atoms with Crippen LogP contribution in [-0.2, 0) is 14.3 Å². The van der Waals surface area contributed by atoms with Crippen LogP contribution in [0.1, 0.15) is 37.7 Å². The van der Waals surface area contributed by atoms with Gasteiger partial charge in [-0.1, -0.05) is 29.3 Å². The molecule has 1 amide bonds. The fourth-order valence-electron chi connectivity index (χ4n) is 5.49. The standard InChI is InChI=1S/C20H23Cl2NO3/c1-10-2-3-15(21)19(18(10)22)23-16(24)9-26-20(25)17-13-5-11-4-12(7-13)8-14(17)6-11/h2-3,11-14,17H,4-9H2,1H3,(H,23,24). The number of rotatable bonds is 4. The predicted octanol–water partition coefficient (Wildman–Crippen LogP) is 4.86. The van der Waals surface area contributed by atoms with Gasteiger partial charge >= 0.3 is 5.97 Å². The van der Waals surface area contributed by atoms with Crippen LogP contribution >= 0.6 is 23.2 Å². The second-order valence-electron chi connectivity index (χ2n) is 8.17. The first-order chi connectivity index (χ1) is 12.4. The van der Waals surface area contributed by atoms with Crippen molar-refractivity contribution >= 4 is 40.8 Å². The minimum atomic E-state index is -0.420. The Balaban J connectivity index is 1.35. The number of carbonyl (C=O) groups is 2. The Hall–Kier alpha value is -1.26. The number of hydrogen-bond donors (Lipinski definition) is 1. The van der Waals surface area contributed by atoms with Crippen molar-refractivity contribution in [2.75, 3.05) is 11.9 Å². The number of aryl methyl sites for hydroxylation is 1. The van der Waals surface area contributed by atoms with E-state index < -0.39 is 5.91 Å². The third-order valence-corrected chi connectivity index (χ3v) is 7.20. The minimum Gasteiger partial charge on any atom is -0.455 e. The van der Waals surface area contributed by atoms with E-state index in [9.17, 15) is 9.59 Å². The molecule has 26 heavy (non-hydrogen) atoms. The van der Waals surface area contributed by atoms with Crippen molar-refractivity contribution in [2.24, 2.45) is 29.6 Å². The lowest BCUT2D eigenvalue weighted by molar-refractivity contribution is -0.164. The van der Waals surface area contributed by atoms with E-state index in [1.54, 1.807) is 12.1 Å². The van der Waals surface area contributed by atoms with Gasteiger partial charge in [-0.2, -0.15) is 0 Å². The quantitative estimate of drug-likeness (QED) is 0.740. The lowest BCUT2D eigenvalue weighted by Gasteiger charge is -2.53. The second-order valence-corrected chi connectivity index (χ2v) is 8.95. The van der Waals surface area contributed by atoms with Gasteiger partial charge in [-0.3, -0.25) is 9.59 Å². The number of nitrogens with one attached hydrogen (secondary N) is 1. The maximum absolute atomic E-state index is 12.6. The summed E-state index contributed by atoms with van der Waals surface area (Å²) in [5.74, 6) is 1.84. The summed E-state index contributed by atoms with van der Waals surface area (Å²) in [7, 11) is 0. The number of ether oxygens (including phenoxy) is 1. The zero-order valence-corrected chi connectivity index (χ0v) is 16.3. The van der Waals surface area contributed by atoms with Crippen LogP contribution in [0.2, 0.25) is 10.0 Å². The fourth-order valence-corrected chi connectivity index (χ4v) is 5.95. The van der Waals surface area contributed by atoms with Gasteiger partial charge < -0.3 is 10.1 Å². The molecule has 4 aliphatic rings. The maximum Gasteiger partial charge on any atom is 0.310 e. The normalized spacial score (nSPS) is 31.7. The first kappa shape index (κ1) is 18.1. The molecule has 4 saturated carbocycles. The topological polar surface area (TPSA) is 55.4 Å². The van der Waals surface area contributed by atoms with E-state index in [0.29, 0.717) is 27.6 Å². The molecular formula is C20H23Cl2NO3. The molecule has 1 aromatic rings. The molecule has 4 bridgehead atoms. The van der Waals surface area contributed by atoms with Crippen LogP contribution < -0.4 is 5.32 Å². The van der Waals surface area contributed by atoms with Gasteiger partial charge in [0.25, 0.3) is 5.91 Å². The lowest BCUT2D eigenvalue weighted by atomic mass is 9.52. The zero-order valence-electron chi connectivity index (χ0n) is 14.8. The highest BCUT2D eigenvalue weighted by Gasteiger charge is 2.51. The Morgan fingerprint density at radius 2 is 1.69 bits per heavy atom. The molecule has 0 aliphatic heterocycles. The van der Waals surface area contributed by atoms with Gasteiger partial charge in [0.2, 0.25) is 0 Å². The molecule has 0 atom stereocenters. The molecule has 5 rings (SSSR count). The average molecular weight is 396 g/mol. The predicted molar refractivity (Wildman–Crippen MR) is 101 cm³/mol. The molecule has 4 aliphatic carbocycles. The third-order valence-electron chi connectivity index (χ3n) is 6.39. The molecule has 140 valence electrons. The Morgan fingerprint density at radius 1 is 1.08 bits per heavy atom. The summed E-state index contributed by atoms with van der Waals surface area (Å²) in [6, 6.07) is 3.46. The van der Waals surface area contributed by atoms with Gasteiger partial charge in [0.1, 0.15) is 0 Å². The van der Waals surface area contributed by atoms with E-state index in [-0.39, 0.29) is 18.5 Å². The van der Waals surface area contributed by atoms with E-state index >= 15 is 0 Å². The van der Waals surface area contributed by atoms with Gasteiger partial charge in [-0.05, 0) is 74.3 Å². The van der Waals surface area contributed by atoms with Gasteiger partial charge in [0, 0.05) is 0 Å². The van der Waals surface area contributed by atoms with Crippen LogP contribution in [0, 0.1) is 36.5 Å². The smallest absolute Gasteiger partial charge is 0.310 e. The summed E-state index contributed by atoms with van der Waals surface area (Å²) in [6.45, 7) is 1.53. The number of anilines is 1. The minimum absolute atomic E-state index is 0.0262. The second kappa shape index (κ2) is 7.05. The molecule has 1 N–H and O–H groups in total. The van der Waals surface area contributed by atoms with Crippen molar-refractivity contribution in [2.45, 2.75) is 39.0 Å². The van der Waals surface area contributed by atoms with Crippen molar-refractivity contribution in [3.63, 3.8) is 0 Å². The van der Waals surface area contributed by atoms with Crippen LogP contribution in [0.15, 0.2) is 12.1 Å². The van der Waals surface area contributed by atoms with Crippen molar-refractivity contribution in [1.29, 1.82) is 0 Å². The molecule has 0 radical (unpaired) electrons. The Bertz CT molecular complexity index is 721. The van der Waals surface area contributed by atoms with Gasteiger partial charge in [-0.15, -0.1) is 0 Å². The Morgan fingerprint density at radius 3 is 2.31 bits per heavy atom. The molecule has 1 aromatic carbocycles. The Kier molecular flexibility index (Phi) is 4.91. The summed E-state index contributed by atoms with van der Waals surface area (Å²) >= 11 is 12.3. The van der Waals surface area contributed by atoms with Gasteiger partial charge in [-0.25, -0.2) is 0 Å². The molecule has 0 saturated heterocycles. The number of hydrogen-bond acceptors (Lipinski definition) is 3. The molecule has 4 fully saturated rings. The molecular weight excluding hydrogens is 373 g/mol. The summed E-state index contributed by atoms with van der Waals surface area (Å²) < 4.78 is 5.37. The van der Waals surface area contributed by atoms with Crippen LogP contribution in [0.3, 0.4) is 0 Å².